The minimum Gasteiger partial charge on any atom is -0.493 e. The molecule has 7 heteroatoms. The third-order valence-corrected chi connectivity index (χ3v) is 5.51. The fourth-order valence-corrected chi connectivity index (χ4v) is 4.20. The number of hydrogen-bond donors (Lipinski definition) is 0. The van der Waals surface area contributed by atoms with Crippen molar-refractivity contribution in [3.8, 4) is 17.2 Å². The molecule has 26 heavy (non-hydrogen) atoms. The van der Waals surface area contributed by atoms with E-state index >= 15 is 0 Å². The molecule has 0 N–H and O–H groups in total. The first kappa shape index (κ1) is 18.4. The van der Waals surface area contributed by atoms with E-state index in [0.29, 0.717) is 30.2 Å². The van der Waals surface area contributed by atoms with E-state index in [4.69, 9.17) is 14.2 Å². The average Bonchev–Trinajstić information content (AvgIpc) is 2.69. The maximum atomic E-state index is 12.6. The lowest BCUT2D eigenvalue weighted by molar-refractivity contribution is -0.132. The number of thioether (sulfide) groups is 1. The molecule has 138 valence electrons. The Morgan fingerprint density at radius 3 is 2.46 bits per heavy atom. The first-order chi connectivity index (χ1) is 12.7. The summed E-state index contributed by atoms with van der Waals surface area (Å²) in [4.78, 5) is 18.8. The smallest absolute Gasteiger partial charge is 0.224 e. The molecule has 1 aromatic carbocycles. The zero-order chi connectivity index (χ0) is 18.5. The Morgan fingerprint density at radius 2 is 1.88 bits per heavy atom. The predicted octanol–water partition coefficient (Wildman–Crippen LogP) is 3.27. The van der Waals surface area contributed by atoms with Crippen LogP contribution < -0.4 is 14.2 Å². The second kappa shape index (κ2) is 8.31. The Morgan fingerprint density at radius 1 is 1.15 bits per heavy atom. The molecular formula is C19H22N2O4S. The van der Waals surface area contributed by atoms with Crippen molar-refractivity contribution in [1.82, 2.24) is 9.88 Å². The number of carbonyl (C=O) groups is 1. The van der Waals surface area contributed by atoms with E-state index in [1.54, 1.807) is 39.3 Å². The molecule has 1 aliphatic rings. The highest BCUT2D eigenvalue weighted by atomic mass is 32.2. The quantitative estimate of drug-likeness (QED) is 0.773. The van der Waals surface area contributed by atoms with E-state index in [-0.39, 0.29) is 11.3 Å². The highest BCUT2D eigenvalue weighted by Gasteiger charge is 2.31. The zero-order valence-electron chi connectivity index (χ0n) is 15.1. The van der Waals surface area contributed by atoms with Gasteiger partial charge in [0.25, 0.3) is 0 Å². The van der Waals surface area contributed by atoms with Crippen molar-refractivity contribution < 1.29 is 19.0 Å². The van der Waals surface area contributed by atoms with Gasteiger partial charge in [-0.15, -0.1) is 11.8 Å². The van der Waals surface area contributed by atoms with Crippen molar-refractivity contribution in [2.24, 2.45) is 0 Å². The first-order valence-corrected chi connectivity index (χ1v) is 9.33. The monoisotopic (exact) mass is 374 g/mol. The standard InChI is InChI=1S/C19H22N2O4S/c1-23-15-10-13(11-16(24-2)18(15)25-3)19-21(17(22)7-9-26-19)12-14-6-4-5-8-20-14/h4-6,8,10-11,19H,7,9,12H2,1-3H3. The number of pyridine rings is 1. The van der Waals surface area contributed by atoms with Gasteiger partial charge in [-0.2, -0.15) is 0 Å². The van der Waals surface area contributed by atoms with Crippen LogP contribution >= 0.6 is 11.8 Å². The number of nitrogens with zero attached hydrogens (tertiary/aromatic N) is 2. The second-order valence-electron chi connectivity index (χ2n) is 5.77. The molecule has 2 aromatic rings. The third-order valence-electron chi connectivity index (χ3n) is 4.23. The highest BCUT2D eigenvalue weighted by molar-refractivity contribution is 7.99. The van der Waals surface area contributed by atoms with Gasteiger partial charge in [0.15, 0.2) is 11.5 Å². The lowest BCUT2D eigenvalue weighted by Gasteiger charge is -2.35. The van der Waals surface area contributed by atoms with E-state index in [1.165, 1.54) is 0 Å². The van der Waals surface area contributed by atoms with Gasteiger partial charge in [-0.25, -0.2) is 0 Å². The summed E-state index contributed by atoms with van der Waals surface area (Å²) in [5.41, 5.74) is 1.80. The van der Waals surface area contributed by atoms with Crippen LogP contribution in [0, 0.1) is 0 Å². The minimum atomic E-state index is -0.132. The van der Waals surface area contributed by atoms with Gasteiger partial charge in [0, 0.05) is 18.4 Å². The molecule has 0 radical (unpaired) electrons. The predicted molar refractivity (Wildman–Crippen MR) is 101 cm³/mol. The van der Waals surface area contributed by atoms with Gasteiger partial charge in [0.1, 0.15) is 5.37 Å². The van der Waals surface area contributed by atoms with Gasteiger partial charge in [0.2, 0.25) is 11.7 Å². The summed E-state index contributed by atoms with van der Waals surface area (Å²) in [5, 5.41) is -0.132. The van der Waals surface area contributed by atoms with Crippen LogP contribution in [0.3, 0.4) is 0 Å². The molecule has 2 heterocycles. The van der Waals surface area contributed by atoms with Gasteiger partial charge in [-0.3, -0.25) is 9.78 Å². The van der Waals surface area contributed by atoms with Crippen molar-refractivity contribution in [1.29, 1.82) is 0 Å². The number of rotatable bonds is 6. The van der Waals surface area contributed by atoms with E-state index < -0.39 is 0 Å². The molecule has 1 fully saturated rings. The Balaban J connectivity index is 1.98. The Hall–Kier alpha value is -2.41. The normalized spacial score (nSPS) is 17.1. The van der Waals surface area contributed by atoms with Gasteiger partial charge in [0.05, 0.1) is 33.6 Å². The maximum Gasteiger partial charge on any atom is 0.224 e. The van der Waals surface area contributed by atoms with Crippen molar-refractivity contribution in [2.45, 2.75) is 18.3 Å². The molecule has 0 bridgehead atoms. The van der Waals surface area contributed by atoms with Crippen molar-refractivity contribution in [3.05, 3.63) is 47.8 Å². The summed E-state index contributed by atoms with van der Waals surface area (Å²) in [6.07, 6.45) is 2.27. The van der Waals surface area contributed by atoms with Crippen molar-refractivity contribution in [3.63, 3.8) is 0 Å². The van der Waals surface area contributed by atoms with Crippen LogP contribution in [0.1, 0.15) is 23.1 Å². The summed E-state index contributed by atoms with van der Waals surface area (Å²) in [5.74, 6) is 2.60. The molecule has 1 unspecified atom stereocenters. The molecular weight excluding hydrogens is 352 g/mol. The second-order valence-corrected chi connectivity index (χ2v) is 6.96. The maximum absolute atomic E-state index is 12.6. The van der Waals surface area contributed by atoms with Gasteiger partial charge < -0.3 is 19.1 Å². The Labute approximate surface area is 157 Å². The summed E-state index contributed by atoms with van der Waals surface area (Å²) < 4.78 is 16.3. The number of amides is 1. The van der Waals surface area contributed by atoms with Crippen LogP contribution in [0.5, 0.6) is 17.2 Å². The van der Waals surface area contributed by atoms with E-state index in [0.717, 1.165) is 17.0 Å². The van der Waals surface area contributed by atoms with Crippen molar-refractivity contribution >= 4 is 17.7 Å². The molecule has 3 rings (SSSR count). The van der Waals surface area contributed by atoms with Crippen LogP contribution in [0.15, 0.2) is 36.5 Å². The number of hydrogen-bond acceptors (Lipinski definition) is 6. The van der Waals surface area contributed by atoms with Crippen LogP contribution in [-0.2, 0) is 11.3 Å². The number of methoxy groups -OCH3 is 3. The van der Waals surface area contributed by atoms with Crippen LogP contribution in [0.2, 0.25) is 0 Å². The molecule has 6 nitrogen and oxygen atoms in total. The zero-order valence-corrected chi connectivity index (χ0v) is 15.9. The lowest BCUT2D eigenvalue weighted by Crippen LogP contribution is -2.37. The lowest BCUT2D eigenvalue weighted by atomic mass is 10.1. The fraction of sp³-hybridized carbons (Fsp3) is 0.368. The molecule has 1 aliphatic heterocycles. The van der Waals surface area contributed by atoms with E-state index in [2.05, 4.69) is 4.98 Å². The summed E-state index contributed by atoms with van der Waals surface area (Å²) >= 11 is 1.72. The molecule has 0 aliphatic carbocycles. The number of aromatic nitrogens is 1. The fourth-order valence-electron chi connectivity index (χ4n) is 2.98. The Kier molecular flexibility index (Phi) is 5.88. The molecule has 1 atom stereocenters. The molecule has 1 amide bonds. The Bertz CT molecular complexity index is 744. The number of benzene rings is 1. The SMILES string of the molecule is COc1cc(C2SCCC(=O)N2Cc2ccccn2)cc(OC)c1OC. The van der Waals surface area contributed by atoms with Crippen molar-refractivity contribution in [2.75, 3.05) is 27.1 Å². The van der Waals surface area contributed by atoms with Gasteiger partial charge in [-0.05, 0) is 29.8 Å². The van der Waals surface area contributed by atoms with Crippen LogP contribution in [-0.4, -0.2) is 42.9 Å². The van der Waals surface area contributed by atoms with Crippen LogP contribution in [0.25, 0.3) is 0 Å². The molecule has 1 aromatic heterocycles. The third kappa shape index (κ3) is 3.72. The number of ether oxygens (including phenoxy) is 3. The minimum absolute atomic E-state index is 0.119. The molecule has 0 saturated carbocycles. The van der Waals surface area contributed by atoms with Gasteiger partial charge in [-0.1, -0.05) is 6.07 Å². The summed E-state index contributed by atoms with van der Waals surface area (Å²) in [6, 6.07) is 9.54. The largest absolute Gasteiger partial charge is 0.493 e. The average molecular weight is 374 g/mol. The molecule has 1 saturated heterocycles. The highest BCUT2D eigenvalue weighted by Crippen LogP contribution is 2.45. The van der Waals surface area contributed by atoms with E-state index in [9.17, 15) is 4.79 Å². The number of carbonyl (C=O) groups excluding carboxylic acids is 1. The van der Waals surface area contributed by atoms with E-state index in [1.807, 2.05) is 35.2 Å². The molecule has 0 spiro atoms. The first-order valence-electron chi connectivity index (χ1n) is 8.28. The summed E-state index contributed by atoms with van der Waals surface area (Å²) in [6.45, 7) is 0.466. The van der Waals surface area contributed by atoms with Gasteiger partial charge >= 0.3 is 0 Å². The van der Waals surface area contributed by atoms with Crippen LogP contribution in [0.4, 0.5) is 0 Å². The summed E-state index contributed by atoms with van der Waals surface area (Å²) in [7, 11) is 4.75. The topological polar surface area (TPSA) is 60.9 Å².